The number of thiazole rings is 1. The van der Waals surface area contributed by atoms with Gasteiger partial charge in [-0.25, -0.2) is 4.98 Å². The number of nitrogen functional groups attached to an aromatic ring is 1. The minimum atomic E-state index is -0.290. The second kappa shape index (κ2) is 5.46. The molecule has 0 bridgehead atoms. The first-order valence-electron chi connectivity index (χ1n) is 5.39. The van der Waals surface area contributed by atoms with Crippen molar-refractivity contribution in [2.75, 3.05) is 18.2 Å². The van der Waals surface area contributed by atoms with Crippen LogP contribution in [0.1, 0.15) is 15.4 Å². The van der Waals surface area contributed by atoms with Crippen LogP contribution < -0.4 is 15.8 Å². The number of carbonyl (C=O) groups is 1. The average molecular weight is 298 g/mol. The molecule has 2 rings (SSSR count). The van der Waals surface area contributed by atoms with Crippen molar-refractivity contribution in [3.8, 4) is 5.75 Å². The lowest BCUT2D eigenvalue weighted by molar-refractivity contribution is 0.103. The highest BCUT2D eigenvalue weighted by molar-refractivity contribution is 7.17. The summed E-state index contributed by atoms with van der Waals surface area (Å²) in [6.07, 6.45) is 0. The number of anilines is 2. The number of carbonyl (C=O) groups excluding carboxylic acids is 1. The Morgan fingerprint density at radius 3 is 2.84 bits per heavy atom. The summed E-state index contributed by atoms with van der Waals surface area (Å²) in [7, 11) is 1.54. The number of nitrogens with one attached hydrogen (secondary N) is 1. The molecule has 0 saturated heterocycles. The van der Waals surface area contributed by atoms with Gasteiger partial charge in [0, 0.05) is 6.07 Å². The summed E-state index contributed by atoms with van der Waals surface area (Å²) in [6.45, 7) is 1.73. The Balaban J connectivity index is 2.26. The van der Waals surface area contributed by atoms with Gasteiger partial charge in [-0.1, -0.05) is 22.9 Å². The lowest BCUT2D eigenvalue weighted by Gasteiger charge is -2.08. The second-order valence-corrected chi connectivity index (χ2v) is 5.20. The molecule has 1 aromatic carbocycles. The van der Waals surface area contributed by atoms with E-state index in [4.69, 9.17) is 22.1 Å². The lowest BCUT2D eigenvalue weighted by atomic mass is 10.3. The van der Waals surface area contributed by atoms with Gasteiger partial charge in [0.25, 0.3) is 5.91 Å². The second-order valence-electron chi connectivity index (χ2n) is 3.77. The summed E-state index contributed by atoms with van der Waals surface area (Å²) in [5.41, 5.74) is 6.65. The number of halogens is 1. The Morgan fingerprint density at radius 1 is 1.53 bits per heavy atom. The molecule has 100 valence electrons. The van der Waals surface area contributed by atoms with Crippen molar-refractivity contribution in [3.05, 3.63) is 33.8 Å². The van der Waals surface area contributed by atoms with Crippen molar-refractivity contribution in [1.29, 1.82) is 0 Å². The van der Waals surface area contributed by atoms with Crippen LogP contribution in [-0.2, 0) is 0 Å². The third-order valence-corrected chi connectivity index (χ3v) is 3.76. The number of benzene rings is 1. The number of hydrogen-bond donors (Lipinski definition) is 2. The van der Waals surface area contributed by atoms with Gasteiger partial charge < -0.3 is 15.8 Å². The summed E-state index contributed by atoms with van der Waals surface area (Å²) in [5, 5.41) is 3.51. The van der Waals surface area contributed by atoms with Gasteiger partial charge in [0.05, 0.1) is 23.5 Å². The highest BCUT2D eigenvalue weighted by Crippen LogP contribution is 2.28. The van der Waals surface area contributed by atoms with E-state index in [9.17, 15) is 4.79 Å². The summed E-state index contributed by atoms with van der Waals surface area (Å²) in [4.78, 5) is 16.6. The number of nitrogens with two attached hydrogens (primary N) is 1. The summed E-state index contributed by atoms with van der Waals surface area (Å²) in [5.74, 6) is 0.321. The van der Waals surface area contributed by atoms with Crippen molar-refractivity contribution < 1.29 is 9.53 Å². The molecule has 0 radical (unpaired) electrons. The van der Waals surface area contributed by atoms with E-state index in [2.05, 4.69) is 10.3 Å². The van der Waals surface area contributed by atoms with E-state index in [0.717, 1.165) is 11.3 Å². The van der Waals surface area contributed by atoms with Crippen LogP contribution in [0, 0.1) is 6.92 Å². The van der Waals surface area contributed by atoms with Crippen LogP contribution in [0.4, 0.5) is 10.8 Å². The van der Waals surface area contributed by atoms with Crippen molar-refractivity contribution >= 4 is 39.7 Å². The maximum Gasteiger partial charge on any atom is 0.267 e. The van der Waals surface area contributed by atoms with Gasteiger partial charge in [-0.15, -0.1) is 0 Å². The van der Waals surface area contributed by atoms with Gasteiger partial charge in [-0.05, 0) is 19.1 Å². The SMILES string of the molecule is COc1ccc(Cl)c(NC(=O)c2sc(N)nc2C)c1. The Bertz CT molecular complexity index is 627. The summed E-state index contributed by atoms with van der Waals surface area (Å²) in [6, 6.07) is 5.03. The molecule has 0 aliphatic carbocycles. The molecule has 0 aliphatic rings. The molecule has 2 aromatic rings. The fourth-order valence-corrected chi connectivity index (χ4v) is 2.43. The zero-order valence-electron chi connectivity index (χ0n) is 10.4. The Labute approximate surface area is 119 Å². The van der Waals surface area contributed by atoms with E-state index in [-0.39, 0.29) is 5.91 Å². The standard InChI is InChI=1S/C12H12ClN3O2S/c1-6-10(19-12(14)15-6)11(17)16-9-5-7(18-2)3-4-8(9)13/h3-5H,1-2H3,(H2,14,15)(H,16,17). The maximum atomic E-state index is 12.1. The van der Waals surface area contributed by atoms with Crippen LogP contribution in [0.3, 0.4) is 0 Å². The smallest absolute Gasteiger partial charge is 0.267 e. The molecule has 0 spiro atoms. The van der Waals surface area contributed by atoms with Crippen LogP contribution >= 0.6 is 22.9 Å². The average Bonchev–Trinajstić information content (AvgIpc) is 2.71. The predicted octanol–water partition coefficient (Wildman–Crippen LogP) is 2.95. The minimum absolute atomic E-state index is 0.290. The van der Waals surface area contributed by atoms with Crippen LogP contribution in [0.2, 0.25) is 5.02 Å². The lowest BCUT2D eigenvalue weighted by Crippen LogP contribution is -2.12. The third-order valence-electron chi connectivity index (χ3n) is 2.44. The van der Waals surface area contributed by atoms with E-state index in [1.54, 1.807) is 32.2 Å². The molecule has 1 heterocycles. The van der Waals surface area contributed by atoms with Crippen molar-refractivity contribution in [3.63, 3.8) is 0 Å². The molecule has 7 heteroatoms. The molecule has 3 N–H and O–H groups in total. The fourth-order valence-electron chi connectivity index (χ4n) is 1.53. The molecule has 0 saturated carbocycles. The molecule has 1 amide bonds. The number of aromatic nitrogens is 1. The van der Waals surface area contributed by atoms with E-state index in [0.29, 0.717) is 32.2 Å². The molecule has 0 unspecified atom stereocenters. The number of hydrogen-bond acceptors (Lipinski definition) is 5. The van der Waals surface area contributed by atoms with E-state index >= 15 is 0 Å². The van der Waals surface area contributed by atoms with Crippen molar-refractivity contribution in [2.24, 2.45) is 0 Å². The minimum Gasteiger partial charge on any atom is -0.497 e. The molecular weight excluding hydrogens is 286 g/mol. The molecule has 0 atom stereocenters. The summed E-state index contributed by atoms with van der Waals surface area (Å²) < 4.78 is 5.09. The van der Waals surface area contributed by atoms with Gasteiger partial charge in [0.2, 0.25) is 0 Å². The summed E-state index contributed by atoms with van der Waals surface area (Å²) >= 11 is 7.16. The maximum absolute atomic E-state index is 12.1. The number of aryl methyl sites for hydroxylation is 1. The van der Waals surface area contributed by atoms with Crippen molar-refractivity contribution in [2.45, 2.75) is 6.92 Å². The van der Waals surface area contributed by atoms with Crippen LogP contribution in [0.15, 0.2) is 18.2 Å². The molecule has 5 nitrogen and oxygen atoms in total. The van der Waals surface area contributed by atoms with Gasteiger partial charge in [-0.3, -0.25) is 4.79 Å². The Hall–Kier alpha value is -1.79. The number of amides is 1. The first-order valence-corrected chi connectivity index (χ1v) is 6.58. The van der Waals surface area contributed by atoms with E-state index < -0.39 is 0 Å². The quantitative estimate of drug-likeness (QED) is 0.913. The first kappa shape index (κ1) is 13.6. The third kappa shape index (κ3) is 2.97. The predicted molar refractivity (Wildman–Crippen MR) is 77.2 cm³/mol. The number of ether oxygens (including phenoxy) is 1. The van der Waals surface area contributed by atoms with E-state index in [1.807, 2.05) is 0 Å². The zero-order valence-corrected chi connectivity index (χ0v) is 11.9. The monoisotopic (exact) mass is 297 g/mol. The molecule has 19 heavy (non-hydrogen) atoms. The highest BCUT2D eigenvalue weighted by Gasteiger charge is 2.15. The zero-order chi connectivity index (χ0) is 14.0. The normalized spacial score (nSPS) is 10.3. The van der Waals surface area contributed by atoms with Crippen LogP contribution in [0.5, 0.6) is 5.75 Å². The first-order chi connectivity index (χ1) is 9.01. The Morgan fingerprint density at radius 2 is 2.26 bits per heavy atom. The van der Waals surface area contributed by atoms with Gasteiger partial charge in [0.15, 0.2) is 5.13 Å². The topological polar surface area (TPSA) is 77.2 Å². The van der Waals surface area contributed by atoms with Crippen LogP contribution in [-0.4, -0.2) is 18.0 Å². The van der Waals surface area contributed by atoms with Gasteiger partial charge >= 0.3 is 0 Å². The molecule has 0 fully saturated rings. The van der Waals surface area contributed by atoms with Gasteiger partial charge in [-0.2, -0.15) is 0 Å². The number of rotatable bonds is 3. The fraction of sp³-hybridized carbons (Fsp3) is 0.167. The van der Waals surface area contributed by atoms with Crippen molar-refractivity contribution in [1.82, 2.24) is 4.98 Å². The van der Waals surface area contributed by atoms with Crippen LogP contribution in [0.25, 0.3) is 0 Å². The largest absolute Gasteiger partial charge is 0.497 e. The Kier molecular flexibility index (Phi) is 3.92. The number of methoxy groups -OCH3 is 1. The molecular formula is C12H12ClN3O2S. The van der Waals surface area contributed by atoms with E-state index in [1.165, 1.54) is 0 Å². The highest BCUT2D eigenvalue weighted by atomic mass is 35.5. The molecule has 0 aliphatic heterocycles. The molecule has 1 aromatic heterocycles. The van der Waals surface area contributed by atoms with Gasteiger partial charge in [0.1, 0.15) is 10.6 Å². The number of nitrogens with zero attached hydrogens (tertiary/aromatic N) is 1.